The first kappa shape index (κ1) is 19.3. The summed E-state index contributed by atoms with van der Waals surface area (Å²) in [6, 6.07) is 17.2. The van der Waals surface area contributed by atoms with Gasteiger partial charge in [-0.2, -0.15) is 0 Å². The number of nitrogens with zero attached hydrogens (tertiary/aromatic N) is 2. The van der Waals surface area contributed by atoms with Crippen LogP contribution in [0.5, 0.6) is 11.5 Å². The second-order valence-corrected chi connectivity index (χ2v) is 7.71. The van der Waals surface area contributed by atoms with Crippen molar-refractivity contribution in [3.63, 3.8) is 0 Å². The summed E-state index contributed by atoms with van der Waals surface area (Å²) >= 11 is 0. The van der Waals surface area contributed by atoms with Gasteiger partial charge in [0.15, 0.2) is 6.61 Å². The topological polar surface area (TPSA) is 59.1 Å². The third kappa shape index (κ3) is 3.92. The quantitative estimate of drug-likeness (QED) is 0.783. The number of hydrogen-bond donors (Lipinski definition) is 0. The van der Waals surface area contributed by atoms with E-state index >= 15 is 0 Å². The first-order valence-corrected chi connectivity index (χ1v) is 9.93. The maximum Gasteiger partial charge on any atom is 0.260 e. The van der Waals surface area contributed by atoms with E-state index in [1.54, 1.807) is 14.0 Å². The number of benzene rings is 2. The molecule has 0 aliphatic carbocycles. The highest BCUT2D eigenvalue weighted by Crippen LogP contribution is 2.45. The maximum absolute atomic E-state index is 12.7. The molecule has 2 aliphatic rings. The van der Waals surface area contributed by atoms with Crippen molar-refractivity contribution in [1.29, 1.82) is 0 Å². The lowest BCUT2D eigenvalue weighted by Gasteiger charge is -2.29. The number of ether oxygens (including phenoxy) is 2. The number of carbonyl (C=O) groups is 2. The van der Waals surface area contributed by atoms with Crippen LogP contribution >= 0.6 is 0 Å². The summed E-state index contributed by atoms with van der Waals surface area (Å²) in [6.45, 7) is 3.64. The monoisotopic (exact) mass is 394 g/mol. The molecular weight excluding hydrogens is 368 g/mol. The molecule has 152 valence electrons. The van der Waals surface area contributed by atoms with Crippen LogP contribution in [0.2, 0.25) is 0 Å². The van der Waals surface area contributed by atoms with Gasteiger partial charge in [0.25, 0.3) is 5.91 Å². The maximum atomic E-state index is 12.7. The first-order valence-electron chi connectivity index (χ1n) is 9.93. The Morgan fingerprint density at radius 2 is 1.69 bits per heavy atom. The average molecular weight is 394 g/mol. The summed E-state index contributed by atoms with van der Waals surface area (Å²) in [6.07, 6.45) is 0. The zero-order chi connectivity index (χ0) is 20.4. The zero-order valence-corrected chi connectivity index (χ0v) is 16.8. The highest BCUT2D eigenvalue weighted by atomic mass is 16.5. The van der Waals surface area contributed by atoms with Crippen molar-refractivity contribution in [2.24, 2.45) is 11.8 Å². The fourth-order valence-corrected chi connectivity index (χ4v) is 4.55. The highest BCUT2D eigenvalue weighted by Gasteiger charge is 2.49. The van der Waals surface area contributed by atoms with E-state index in [2.05, 4.69) is 0 Å². The summed E-state index contributed by atoms with van der Waals surface area (Å²) in [5.74, 6) is 2.06. The fourth-order valence-electron chi connectivity index (χ4n) is 4.55. The summed E-state index contributed by atoms with van der Waals surface area (Å²) in [7, 11) is 1.64. The summed E-state index contributed by atoms with van der Waals surface area (Å²) < 4.78 is 10.9. The molecule has 2 aromatic carbocycles. The van der Waals surface area contributed by atoms with E-state index in [0.717, 1.165) is 11.3 Å². The van der Waals surface area contributed by atoms with Gasteiger partial charge in [0.2, 0.25) is 5.91 Å². The molecule has 2 saturated heterocycles. The number of para-hydroxylation sites is 1. The van der Waals surface area contributed by atoms with Crippen molar-refractivity contribution >= 4 is 11.8 Å². The number of amides is 2. The number of fused-ring (bicyclic) bond motifs is 1. The number of likely N-dealkylation sites (tertiary alicyclic amines) is 2. The second kappa shape index (κ2) is 8.15. The molecule has 0 bridgehead atoms. The Morgan fingerprint density at radius 3 is 2.34 bits per heavy atom. The van der Waals surface area contributed by atoms with Crippen molar-refractivity contribution in [1.82, 2.24) is 9.80 Å². The lowest BCUT2D eigenvalue weighted by molar-refractivity contribution is -0.133. The molecule has 2 aliphatic heterocycles. The lowest BCUT2D eigenvalue weighted by Crippen LogP contribution is -2.38. The first-order chi connectivity index (χ1) is 14.1. The number of methoxy groups -OCH3 is 1. The van der Waals surface area contributed by atoms with Crippen LogP contribution in [0.3, 0.4) is 0 Å². The lowest BCUT2D eigenvalue weighted by atomic mass is 9.89. The standard InChI is InChI=1S/C23H26N2O4/c1-16(26)25-13-18-12-24(22(27)15-29-20-6-4-3-5-7-20)14-21(18)23(25)17-8-10-19(28-2)11-9-17/h3-11,18,21,23H,12-15H2,1-2H3/t18-,21-,23+/m1/s1. The molecule has 0 N–H and O–H groups in total. The molecule has 2 amide bonds. The van der Waals surface area contributed by atoms with Gasteiger partial charge in [-0.25, -0.2) is 0 Å². The van der Waals surface area contributed by atoms with Crippen LogP contribution in [0.25, 0.3) is 0 Å². The average Bonchev–Trinajstić information content (AvgIpc) is 3.31. The predicted molar refractivity (Wildman–Crippen MR) is 109 cm³/mol. The molecule has 2 heterocycles. The normalized spacial score (nSPS) is 23.0. The van der Waals surface area contributed by atoms with E-state index in [4.69, 9.17) is 9.47 Å². The van der Waals surface area contributed by atoms with Crippen LogP contribution in [0.15, 0.2) is 54.6 Å². The minimum Gasteiger partial charge on any atom is -0.497 e. The van der Waals surface area contributed by atoms with E-state index in [0.29, 0.717) is 25.4 Å². The van der Waals surface area contributed by atoms with Gasteiger partial charge in [0.1, 0.15) is 11.5 Å². The third-order valence-corrected chi connectivity index (χ3v) is 5.98. The van der Waals surface area contributed by atoms with Crippen LogP contribution in [0.1, 0.15) is 18.5 Å². The zero-order valence-electron chi connectivity index (χ0n) is 16.8. The molecule has 2 aromatic rings. The Hall–Kier alpha value is -3.02. The minimum absolute atomic E-state index is 0.00823. The van der Waals surface area contributed by atoms with E-state index < -0.39 is 0 Å². The smallest absolute Gasteiger partial charge is 0.260 e. The molecule has 2 fully saturated rings. The van der Waals surface area contributed by atoms with Gasteiger partial charge in [-0.1, -0.05) is 30.3 Å². The Bertz CT molecular complexity index is 868. The molecule has 6 heteroatoms. The van der Waals surface area contributed by atoms with E-state index in [1.165, 1.54) is 0 Å². The van der Waals surface area contributed by atoms with Crippen molar-refractivity contribution in [3.05, 3.63) is 60.2 Å². The molecular formula is C23H26N2O4. The Morgan fingerprint density at radius 1 is 0.966 bits per heavy atom. The molecule has 3 atom stereocenters. The van der Waals surface area contributed by atoms with Crippen molar-refractivity contribution < 1.29 is 19.1 Å². The molecule has 4 rings (SSSR count). The van der Waals surface area contributed by atoms with Crippen molar-refractivity contribution in [2.75, 3.05) is 33.4 Å². The van der Waals surface area contributed by atoms with Gasteiger partial charge < -0.3 is 19.3 Å². The van der Waals surface area contributed by atoms with Crippen LogP contribution in [0.4, 0.5) is 0 Å². The molecule has 0 spiro atoms. The van der Waals surface area contributed by atoms with Gasteiger partial charge >= 0.3 is 0 Å². The van der Waals surface area contributed by atoms with E-state index in [1.807, 2.05) is 64.4 Å². The largest absolute Gasteiger partial charge is 0.497 e. The Balaban J connectivity index is 1.46. The number of carbonyl (C=O) groups excluding carboxylic acids is 2. The third-order valence-electron chi connectivity index (χ3n) is 5.98. The molecule has 0 aromatic heterocycles. The van der Waals surface area contributed by atoms with Gasteiger partial charge in [-0.15, -0.1) is 0 Å². The van der Waals surface area contributed by atoms with Gasteiger partial charge in [0, 0.05) is 38.4 Å². The van der Waals surface area contributed by atoms with Crippen LogP contribution in [-0.4, -0.2) is 55.0 Å². The van der Waals surface area contributed by atoms with Crippen LogP contribution < -0.4 is 9.47 Å². The molecule has 0 saturated carbocycles. The Labute approximate surface area is 171 Å². The van der Waals surface area contributed by atoms with E-state index in [9.17, 15) is 9.59 Å². The Kier molecular flexibility index (Phi) is 5.43. The van der Waals surface area contributed by atoms with Crippen LogP contribution in [-0.2, 0) is 9.59 Å². The van der Waals surface area contributed by atoms with Crippen LogP contribution in [0, 0.1) is 11.8 Å². The van der Waals surface area contributed by atoms with Gasteiger partial charge in [-0.05, 0) is 29.8 Å². The number of hydrogen-bond acceptors (Lipinski definition) is 4. The van der Waals surface area contributed by atoms with Gasteiger partial charge in [-0.3, -0.25) is 9.59 Å². The second-order valence-electron chi connectivity index (χ2n) is 7.71. The fraction of sp³-hybridized carbons (Fsp3) is 0.391. The van der Waals surface area contributed by atoms with Gasteiger partial charge in [0.05, 0.1) is 13.2 Å². The minimum atomic E-state index is -0.0174. The van der Waals surface area contributed by atoms with E-state index in [-0.39, 0.29) is 36.3 Å². The molecule has 29 heavy (non-hydrogen) atoms. The summed E-state index contributed by atoms with van der Waals surface area (Å²) in [4.78, 5) is 28.8. The summed E-state index contributed by atoms with van der Waals surface area (Å²) in [5, 5.41) is 0. The molecule has 6 nitrogen and oxygen atoms in total. The molecule has 0 unspecified atom stereocenters. The van der Waals surface area contributed by atoms with Crippen molar-refractivity contribution in [3.8, 4) is 11.5 Å². The SMILES string of the molecule is COc1ccc([C@H]2[C@@H]3CN(C(=O)COc4ccccc4)C[C@@H]3CN2C(C)=O)cc1. The summed E-state index contributed by atoms with van der Waals surface area (Å²) in [5.41, 5.74) is 1.09. The van der Waals surface area contributed by atoms with Crippen molar-refractivity contribution in [2.45, 2.75) is 13.0 Å². The highest BCUT2D eigenvalue weighted by molar-refractivity contribution is 5.78. The molecule has 0 radical (unpaired) electrons. The number of rotatable bonds is 5. The predicted octanol–water partition coefficient (Wildman–Crippen LogP) is 2.75.